The molecule has 4 N–H and O–H groups in total. The van der Waals surface area contributed by atoms with Gasteiger partial charge in [-0.2, -0.15) is 5.10 Å². The summed E-state index contributed by atoms with van der Waals surface area (Å²) >= 11 is 0. The molecule has 3 heterocycles. The first-order valence-electron chi connectivity index (χ1n) is 7.31. The van der Waals surface area contributed by atoms with Gasteiger partial charge in [-0.1, -0.05) is 0 Å². The van der Waals surface area contributed by atoms with Crippen LogP contribution in [0.4, 0.5) is 0 Å². The first-order chi connectivity index (χ1) is 10.5. The van der Waals surface area contributed by atoms with Crippen molar-refractivity contribution in [3.05, 3.63) is 29.7 Å². The van der Waals surface area contributed by atoms with Crippen molar-refractivity contribution in [3.63, 3.8) is 0 Å². The molecule has 1 unspecified atom stereocenters. The van der Waals surface area contributed by atoms with Crippen LogP contribution in [0, 0.1) is 6.92 Å². The zero-order chi connectivity index (χ0) is 15.9. The highest BCUT2D eigenvalue weighted by atomic mass is 16.3. The molecule has 8 heteroatoms. The van der Waals surface area contributed by atoms with Crippen LogP contribution in [0.5, 0.6) is 0 Å². The van der Waals surface area contributed by atoms with E-state index in [4.69, 9.17) is 5.73 Å². The van der Waals surface area contributed by atoms with E-state index in [0.29, 0.717) is 25.6 Å². The van der Waals surface area contributed by atoms with Gasteiger partial charge in [-0.15, -0.1) is 0 Å². The number of hydrogen-bond acceptors (Lipinski definition) is 7. The lowest BCUT2D eigenvalue weighted by atomic mass is 10.2. The van der Waals surface area contributed by atoms with Crippen molar-refractivity contribution in [1.82, 2.24) is 19.6 Å². The fourth-order valence-electron chi connectivity index (χ4n) is 2.84. The molecule has 22 heavy (non-hydrogen) atoms. The predicted molar refractivity (Wildman–Crippen MR) is 81.8 cm³/mol. The summed E-state index contributed by atoms with van der Waals surface area (Å²) in [6, 6.07) is 0. The number of aromatic nitrogens is 2. The number of nitrogens with zero attached hydrogens (tertiary/aromatic N) is 5. The lowest BCUT2D eigenvalue weighted by Crippen LogP contribution is -2.40. The maximum Gasteiger partial charge on any atom is 0.197 e. The Morgan fingerprint density at radius 3 is 2.68 bits per heavy atom. The molecule has 3 rings (SSSR count). The minimum Gasteiger partial charge on any atom is -0.389 e. The molecule has 2 aliphatic heterocycles. The van der Waals surface area contributed by atoms with Gasteiger partial charge in [-0.05, 0) is 13.0 Å². The van der Waals surface area contributed by atoms with Gasteiger partial charge in [-0.3, -0.25) is 4.90 Å². The Morgan fingerprint density at radius 2 is 2.00 bits per heavy atom. The first-order valence-corrected chi connectivity index (χ1v) is 7.31. The maximum absolute atomic E-state index is 9.63. The molecule has 120 valence electrons. The molecule has 8 nitrogen and oxygen atoms in total. The van der Waals surface area contributed by atoms with Gasteiger partial charge in [-0.25, -0.2) is 9.67 Å². The second-order valence-electron chi connectivity index (χ2n) is 5.90. The largest absolute Gasteiger partial charge is 0.389 e. The summed E-state index contributed by atoms with van der Waals surface area (Å²) in [4.78, 5) is 7.93. The standard InChI is InChI=1S/C14H22N6O2/c1-9-10(5-19-7-11(21)12(22)8-19)6-20(17-9)13-3-4-16-14(15)18(13)2/h3-4,6,11-13,21-22H,5,7-8H2,1-2H3,(H2,15,16)/t11-,12+,13?. The quantitative estimate of drug-likeness (QED) is 0.662. The van der Waals surface area contributed by atoms with Gasteiger partial charge in [0.15, 0.2) is 5.96 Å². The minimum absolute atomic E-state index is 0.0975. The molecule has 1 fully saturated rings. The highest BCUT2D eigenvalue weighted by Gasteiger charge is 2.30. The SMILES string of the molecule is Cc1nn(C2C=CN=C(N)N2C)cc1CN1C[C@@H](O)[C@@H](O)C1. The van der Waals surface area contributed by atoms with Crippen LogP contribution in [-0.2, 0) is 6.54 Å². The van der Waals surface area contributed by atoms with E-state index in [1.807, 2.05) is 40.7 Å². The molecule has 2 aliphatic rings. The molecule has 1 saturated heterocycles. The van der Waals surface area contributed by atoms with Gasteiger partial charge >= 0.3 is 0 Å². The molecule has 1 aromatic rings. The number of aryl methyl sites for hydroxylation is 1. The summed E-state index contributed by atoms with van der Waals surface area (Å²) < 4.78 is 1.85. The van der Waals surface area contributed by atoms with Crippen LogP contribution in [0.1, 0.15) is 17.4 Å². The third-order valence-electron chi connectivity index (χ3n) is 4.24. The Hall–Kier alpha value is -1.90. The van der Waals surface area contributed by atoms with Crippen molar-refractivity contribution in [2.75, 3.05) is 20.1 Å². The van der Waals surface area contributed by atoms with Crippen LogP contribution in [-0.4, -0.2) is 68.1 Å². The third-order valence-corrected chi connectivity index (χ3v) is 4.24. The third kappa shape index (κ3) is 2.72. The lowest BCUT2D eigenvalue weighted by Gasteiger charge is -2.28. The first kappa shape index (κ1) is 15.0. The van der Waals surface area contributed by atoms with Crippen molar-refractivity contribution < 1.29 is 10.2 Å². The van der Waals surface area contributed by atoms with E-state index in [1.165, 1.54) is 0 Å². The summed E-state index contributed by atoms with van der Waals surface area (Å²) in [7, 11) is 1.87. The Kier molecular flexibility index (Phi) is 3.90. The number of aliphatic imine (C=N–C) groups is 1. The highest BCUT2D eigenvalue weighted by Crippen LogP contribution is 2.20. The van der Waals surface area contributed by atoms with Gasteiger partial charge in [0.25, 0.3) is 0 Å². The van der Waals surface area contributed by atoms with Gasteiger partial charge in [0.05, 0.1) is 17.9 Å². The average molecular weight is 306 g/mol. The minimum atomic E-state index is -0.668. The Balaban J connectivity index is 1.74. The average Bonchev–Trinajstić information content (AvgIpc) is 2.97. The number of guanidine groups is 1. The summed E-state index contributed by atoms with van der Waals surface area (Å²) in [5.74, 6) is 0.452. The molecular formula is C14H22N6O2. The van der Waals surface area contributed by atoms with E-state index in [0.717, 1.165) is 11.3 Å². The molecule has 0 aromatic carbocycles. The fraction of sp³-hybridized carbons (Fsp3) is 0.571. The lowest BCUT2D eigenvalue weighted by molar-refractivity contribution is 0.0572. The Labute approximate surface area is 129 Å². The second-order valence-corrected chi connectivity index (χ2v) is 5.90. The van der Waals surface area contributed by atoms with Crippen molar-refractivity contribution in [1.29, 1.82) is 0 Å². The number of nitrogens with two attached hydrogens (primary N) is 1. The number of β-amino-alcohol motifs (C(OH)–C–C–N with tert-alkyl or cyclic N) is 2. The maximum atomic E-state index is 9.63. The number of aliphatic hydroxyl groups excluding tert-OH is 2. The van der Waals surface area contributed by atoms with Gasteiger partial charge in [0, 0.05) is 44.6 Å². The molecule has 0 saturated carbocycles. The number of aliphatic hydroxyl groups is 2. The van der Waals surface area contributed by atoms with E-state index < -0.39 is 12.2 Å². The Bertz CT molecular complexity index is 600. The molecule has 1 aromatic heterocycles. The smallest absolute Gasteiger partial charge is 0.197 e. The second kappa shape index (κ2) is 5.71. The molecule has 0 bridgehead atoms. The molecule has 0 spiro atoms. The fourth-order valence-corrected chi connectivity index (χ4v) is 2.84. The van der Waals surface area contributed by atoms with Crippen molar-refractivity contribution >= 4 is 5.96 Å². The van der Waals surface area contributed by atoms with E-state index in [2.05, 4.69) is 10.1 Å². The van der Waals surface area contributed by atoms with E-state index in [-0.39, 0.29) is 6.17 Å². The van der Waals surface area contributed by atoms with Gasteiger partial charge < -0.3 is 20.8 Å². The molecule has 0 radical (unpaired) electrons. The molecule has 0 amide bonds. The topological polar surface area (TPSA) is 103 Å². The summed E-state index contributed by atoms with van der Waals surface area (Å²) in [5.41, 5.74) is 7.84. The monoisotopic (exact) mass is 306 g/mol. The number of likely N-dealkylation sites (N-methyl/N-ethyl adjacent to an activating group) is 1. The van der Waals surface area contributed by atoms with E-state index >= 15 is 0 Å². The van der Waals surface area contributed by atoms with E-state index in [9.17, 15) is 10.2 Å². The van der Waals surface area contributed by atoms with Crippen molar-refractivity contribution in [3.8, 4) is 0 Å². The molecule has 0 aliphatic carbocycles. The molecule has 3 atom stereocenters. The number of hydrogen-bond donors (Lipinski definition) is 3. The zero-order valence-electron chi connectivity index (χ0n) is 12.8. The zero-order valence-corrected chi connectivity index (χ0v) is 12.8. The van der Waals surface area contributed by atoms with Crippen LogP contribution >= 0.6 is 0 Å². The van der Waals surface area contributed by atoms with Crippen LogP contribution in [0.3, 0.4) is 0 Å². The summed E-state index contributed by atoms with van der Waals surface area (Å²) in [6.07, 6.45) is 4.16. The van der Waals surface area contributed by atoms with Crippen molar-refractivity contribution in [2.45, 2.75) is 31.8 Å². The van der Waals surface area contributed by atoms with Gasteiger partial charge in [0.2, 0.25) is 0 Å². The predicted octanol–water partition coefficient (Wildman–Crippen LogP) is -0.999. The number of rotatable bonds is 3. The summed E-state index contributed by atoms with van der Waals surface area (Å²) in [6.45, 7) is 3.58. The van der Waals surface area contributed by atoms with Crippen LogP contribution in [0.25, 0.3) is 0 Å². The highest BCUT2D eigenvalue weighted by molar-refractivity contribution is 5.79. The van der Waals surface area contributed by atoms with Crippen LogP contribution in [0.2, 0.25) is 0 Å². The van der Waals surface area contributed by atoms with Crippen LogP contribution < -0.4 is 5.73 Å². The molecular weight excluding hydrogens is 284 g/mol. The van der Waals surface area contributed by atoms with Crippen LogP contribution in [0.15, 0.2) is 23.5 Å². The Morgan fingerprint density at radius 1 is 1.32 bits per heavy atom. The van der Waals surface area contributed by atoms with Gasteiger partial charge in [0.1, 0.15) is 6.17 Å². The van der Waals surface area contributed by atoms with Crippen molar-refractivity contribution in [2.24, 2.45) is 10.7 Å². The summed E-state index contributed by atoms with van der Waals surface area (Å²) in [5, 5.41) is 23.8. The van der Waals surface area contributed by atoms with E-state index in [1.54, 1.807) is 6.20 Å². The normalized spacial score (nSPS) is 29.2. The number of likely N-dealkylation sites (tertiary alicyclic amines) is 1.